The molecule has 0 saturated carbocycles. The highest BCUT2D eigenvalue weighted by Gasteiger charge is 2.17. The predicted octanol–water partition coefficient (Wildman–Crippen LogP) is 3.27. The Bertz CT molecular complexity index is 520. The molecular weight excluding hydrogens is 203 g/mol. The molecule has 1 heterocycles. The standard InChI is InChI=1S/C13H11OP/c1-9-5-4-7-11-10-6-2-3-8-12(10)14-15-13(9)11/h2-8,15H,1H3. The summed E-state index contributed by atoms with van der Waals surface area (Å²) in [6.45, 7) is 2.14. The van der Waals surface area contributed by atoms with E-state index in [1.165, 1.54) is 22.0 Å². The Morgan fingerprint density at radius 1 is 0.933 bits per heavy atom. The third kappa shape index (κ3) is 1.35. The molecule has 0 aromatic heterocycles. The fourth-order valence-corrected chi connectivity index (χ4v) is 2.87. The van der Waals surface area contributed by atoms with E-state index < -0.39 is 0 Å². The van der Waals surface area contributed by atoms with Crippen LogP contribution in [0.4, 0.5) is 0 Å². The molecule has 0 N–H and O–H groups in total. The summed E-state index contributed by atoms with van der Waals surface area (Å²) in [4.78, 5) is 0. The lowest BCUT2D eigenvalue weighted by Crippen LogP contribution is -2.10. The topological polar surface area (TPSA) is 9.23 Å². The molecule has 15 heavy (non-hydrogen) atoms. The van der Waals surface area contributed by atoms with E-state index in [9.17, 15) is 0 Å². The minimum atomic E-state index is 0.439. The molecule has 2 heteroatoms. The average molecular weight is 214 g/mol. The van der Waals surface area contributed by atoms with Crippen LogP contribution in [0.3, 0.4) is 0 Å². The fraction of sp³-hybridized carbons (Fsp3) is 0.0769. The summed E-state index contributed by atoms with van der Waals surface area (Å²) < 4.78 is 5.76. The van der Waals surface area contributed by atoms with Crippen LogP contribution in [0.25, 0.3) is 11.1 Å². The molecule has 2 aromatic rings. The summed E-state index contributed by atoms with van der Waals surface area (Å²) in [7, 11) is 0.439. The molecule has 1 aliphatic heterocycles. The molecule has 0 aliphatic carbocycles. The van der Waals surface area contributed by atoms with Crippen molar-refractivity contribution < 1.29 is 4.52 Å². The number of hydrogen-bond acceptors (Lipinski definition) is 1. The third-order valence-corrected chi connectivity index (χ3v) is 3.90. The number of para-hydroxylation sites is 1. The van der Waals surface area contributed by atoms with Crippen LogP contribution in [0.15, 0.2) is 42.5 Å². The second kappa shape index (κ2) is 3.36. The van der Waals surface area contributed by atoms with Gasteiger partial charge in [0.1, 0.15) is 14.6 Å². The Balaban J connectivity index is 2.30. The van der Waals surface area contributed by atoms with E-state index in [1.807, 2.05) is 12.1 Å². The molecule has 0 fully saturated rings. The zero-order chi connectivity index (χ0) is 10.3. The van der Waals surface area contributed by atoms with Gasteiger partial charge in [-0.25, -0.2) is 0 Å². The predicted molar refractivity (Wildman–Crippen MR) is 65.2 cm³/mol. The van der Waals surface area contributed by atoms with E-state index >= 15 is 0 Å². The highest BCUT2D eigenvalue weighted by molar-refractivity contribution is 7.43. The van der Waals surface area contributed by atoms with E-state index in [1.54, 1.807) is 0 Å². The van der Waals surface area contributed by atoms with Crippen molar-refractivity contribution in [2.24, 2.45) is 0 Å². The lowest BCUT2D eigenvalue weighted by atomic mass is 10.0. The van der Waals surface area contributed by atoms with Gasteiger partial charge in [-0.3, -0.25) is 0 Å². The van der Waals surface area contributed by atoms with E-state index in [2.05, 4.69) is 37.3 Å². The fourth-order valence-electron chi connectivity index (χ4n) is 1.91. The van der Waals surface area contributed by atoms with Crippen molar-refractivity contribution in [1.82, 2.24) is 0 Å². The monoisotopic (exact) mass is 214 g/mol. The first-order valence-electron chi connectivity index (χ1n) is 4.98. The molecule has 0 amide bonds. The van der Waals surface area contributed by atoms with Crippen molar-refractivity contribution >= 4 is 14.1 Å². The van der Waals surface area contributed by atoms with Crippen molar-refractivity contribution in [2.75, 3.05) is 0 Å². The molecule has 1 nitrogen and oxygen atoms in total. The van der Waals surface area contributed by atoms with Crippen molar-refractivity contribution in [3.05, 3.63) is 48.0 Å². The van der Waals surface area contributed by atoms with Crippen LogP contribution in [0.5, 0.6) is 5.75 Å². The van der Waals surface area contributed by atoms with Gasteiger partial charge in [0.15, 0.2) is 0 Å². The van der Waals surface area contributed by atoms with Crippen LogP contribution in [0, 0.1) is 6.92 Å². The Morgan fingerprint density at radius 3 is 2.67 bits per heavy atom. The smallest absolute Gasteiger partial charge is 0.131 e. The van der Waals surface area contributed by atoms with Crippen LogP contribution in [-0.2, 0) is 0 Å². The molecule has 74 valence electrons. The van der Waals surface area contributed by atoms with Crippen LogP contribution in [0.2, 0.25) is 0 Å². The highest BCUT2D eigenvalue weighted by Crippen LogP contribution is 2.39. The second-order valence-electron chi connectivity index (χ2n) is 3.70. The van der Waals surface area contributed by atoms with Crippen LogP contribution < -0.4 is 9.83 Å². The van der Waals surface area contributed by atoms with E-state index in [4.69, 9.17) is 4.52 Å². The maximum atomic E-state index is 5.76. The average Bonchev–Trinajstić information content (AvgIpc) is 2.29. The highest BCUT2D eigenvalue weighted by atomic mass is 31.1. The molecule has 0 spiro atoms. The molecular formula is C13H11OP. The lowest BCUT2D eigenvalue weighted by molar-refractivity contribution is 0.637. The van der Waals surface area contributed by atoms with Gasteiger partial charge in [0, 0.05) is 10.9 Å². The molecule has 0 radical (unpaired) electrons. The van der Waals surface area contributed by atoms with Gasteiger partial charge >= 0.3 is 0 Å². The zero-order valence-corrected chi connectivity index (χ0v) is 9.45. The van der Waals surface area contributed by atoms with Gasteiger partial charge in [-0.2, -0.15) is 0 Å². The Kier molecular flexibility index (Phi) is 2.00. The van der Waals surface area contributed by atoms with Gasteiger partial charge in [0.05, 0.1) is 0 Å². The van der Waals surface area contributed by atoms with Gasteiger partial charge in [-0.1, -0.05) is 36.4 Å². The quantitative estimate of drug-likeness (QED) is 0.611. The van der Waals surface area contributed by atoms with E-state index in [0.29, 0.717) is 8.81 Å². The minimum absolute atomic E-state index is 0.439. The summed E-state index contributed by atoms with van der Waals surface area (Å²) in [5, 5.41) is 1.34. The normalized spacial score (nSPS) is 14.2. The molecule has 3 rings (SSSR count). The lowest BCUT2D eigenvalue weighted by Gasteiger charge is -2.21. The molecule has 1 aliphatic rings. The first-order valence-corrected chi connectivity index (χ1v) is 5.89. The minimum Gasteiger partial charge on any atom is -0.472 e. The van der Waals surface area contributed by atoms with Gasteiger partial charge in [0.2, 0.25) is 0 Å². The molecule has 2 aromatic carbocycles. The van der Waals surface area contributed by atoms with Crippen molar-refractivity contribution in [1.29, 1.82) is 0 Å². The Morgan fingerprint density at radius 2 is 1.73 bits per heavy atom. The first kappa shape index (κ1) is 8.94. The summed E-state index contributed by atoms with van der Waals surface area (Å²) in [6, 6.07) is 14.7. The van der Waals surface area contributed by atoms with Crippen LogP contribution in [0.1, 0.15) is 5.56 Å². The van der Waals surface area contributed by atoms with E-state index in [-0.39, 0.29) is 0 Å². The van der Waals surface area contributed by atoms with Crippen LogP contribution in [-0.4, -0.2) is 0 Å². The summed E-state index contributed by atoms with van der Waals surface area (Å²) in [5.41, 5.74) is 3.87. The van der Waals surface area contributed by atoms with Crippen molar-refractivity contribution in [3.63, 3.8) is 0 Å². The Hall–Kier alpha value is -1.33. The first-order chi connectivity index (χ1) is 7.36. The van der Waals surface area contributed by atoms with Gasteiger partial charge in [-0.05, 0) is 24.1 Å². The van der Waals surface area contributed by atoms with Crippen molar-refractivity contribution in [3.8, 4) is 16.9 Å². The van der Waals surface area contributed by atoms with Crippen molar-refractivity contribution in [2.45, 2.75) is 6.92 Å². The number of rotatable bonds is 0. The number of fused-ring (bicyclic) bond motifs is 3. The van der Waals surface area contributed by atoms with Gasteiger partial charge in [-0.15, -0.1) is 0 Å². The Labute approximate surface area is 91.0 Å². The second-order valence-corrected chi connectivity index (χ2v) is 4.61. The van der Waals surface area contributed by atoms with E-state index in [0.717, 1.165) is 5.75 Å². The zero-order valence-electron chi connectivity index (χ0n) is 8.45. The molecule has 1 atom stereocenters. The van der Waals surface area contributed by atoms with Gasteiger partial charge in [0.25, 0.3) is 0 Å². The number of hydrogen-bond donors (Lipinski definition) is 0. The maximum absolute atomic E-state index is 5.76. The third-order valence-electron chi connectivity index (χ3n) is 2.71. The number of aryl methyl sites for hydroxylation is 1. The summed E-state index contributed by atoms with van der Waals surface area (Å²) in [6.07, 6.45) is 0. The van der Waals surface area contributed by atoms with Gasteiger partial charge < -0.3 is 4.52 Å². The van der Waals surface area contributed by atoms with Crippen LogP contribution >= 0.6 is 8.81 Å². The SMILES string of the molecule is Cc1cccc2c1POc1ccccc1-2. The maximum Gasteiger partial charge on any atom is 0.131 e. The number of benzene rings is 2. The molecule has 0 bridgehead atoms. The summed E-state index contributed by atoms with van der Waals surface area (Å²) in [5.74, 6) is 1.01. The summed E-state index contributed by atoms with van der Waals surface area (Å²) >= 11 is 0. The molecule has 0 saturated heterocycles. The largest absolute Gasteiger partial charge is 0.472 e. The molecule has 1 unspecified atom stereocenters.